The van der Waals surface area contributed by atoms with Crippen LogP contribution >= 0.6 is 24.0 Å². The van der Waals surface area contributed by atoms with Gasteiger partial charge in [0.1, 0.15) is 5.60 Å². The van der Waals surface area contributed by atoms with Crippen molar-refractivity contribution in [1.82, 2.24) is 20.3 Å². The van der Waals surface area contributed by atoms with Crippen molar-refractivity contribution in [2.75, 3.05) is 39.5 Å². The van der Waals surface area contributed by atoms with E-state index in [-0.39, 0.29) is 29.9 Å². The molecule has 0 bridgehead atoms. The molecule has 0 spiro atoms. The van der Waals surface area contributed by atoms with Crippen molar-refractivity contribution in [3.05, 3.63) is 0 Å². The molecule has 0 saturated carbocycles. The Kier molecular flexibility index (Phi) is 10.5. The van der Waals surface area contributed by atoms with Gasteiger partial charge in [-0.05, 0) is 47.0 Å². The summed E-state index contributed by atoms with van der Waals surface area (Å²) in [7, 11) is -1.46. The number of ether oxygens (including phenoxy) is 1. The van der Waals surface area contributed by atoms with Crippen molar-refractivity contribution in [3.63, 3.8) is 0 Å². The standard InChI is InChI=1S/C17H35N5O4S.HI/c1-16(2,3)26-15(23)21-17(4,5)12-20-14(18-6)19-10-13-8-9-22(11-13)27(7,24)25;/h13H,8-12H2,1-7H3,(H,21,23)(H2,18,19,20);1H. The number of amides is 1. The molecule has 0 aliphatic carbocycles. The van der Waals surface area contributed by atoms with Crippen LogP contribution in [0, 0.1) is 5.92 Å². The third kappa shape index (κ3) is 10.6. The fourth-order valence-corrected chi connectivity index (χ4v) is 3.57. The number of halogens is 1. The van der Waals surface area contributed by atoms with E-state index in [9.17, 15) is 13.2 Å². The minimum Gasteiger partial charge on any atom is -0.444 e. The molecule has 1 fully saturated rings. The van der Waals surface area contributed by atoms with Gasteiger partial charge in [-0.15, -0.1) is 24.0 Å². The maximum atomic E-state index is 11.9. The molecule has 1 aliphatic rings. The van der Waals surface area contributed by atoms with Crippen LogP contribution in [0.25, 0.3) is 0 Å². The van der Waals surface area contributed by atoms with Crippen molar-refractivity contribution in [2.45, 2.75) is 52.2 Å². The molecule has 1 rings (SSSR count). The first-order valence-electron chi connectivity index (χ1n) is 9.13. The molecule has 1 amide bonds. The van der Waals surface area contributed by atoms with E-state index in [2.05, 4.69) is 20.9 Å². The smallest absolute Gasteiger partial charge is 0.408 e. The van der Waals surface area contributed by atoms with E-state index in [0.29, 0.717) is 32.1 Å². The van der Waals surface area contributed by atoms with E-state index in [1.807, 2.05) is 34.6 Å². The lowest BCUT2D eigenvalue weighted by Crippen LogP contribution is -2.54. The van der Waals surface area contributed by atoms with E-state index < -0.39 is 27.3 Å². The van der Waals surface area contributed by atoms with Gasteiger partial charge in [-0.1, -0.05) is 0 Å². The minimum atomic E-state index is -3.13. The molecule has 0 aromatic carbocycles. The van der Waals surface area contributed by atoms with Crippen molar-refractivity contribution >= 4 is 46.1 Å². The average molecular weight is 533 g/mol. The van der Waals surface area contributed by atoms with Gasteiger partial charge in [0.2, 0.25) is 10.0 Å². The van der Waals surface area contributed by atoms with Crippen LogP contribution in [0.15, 0.2) is 4.99 Å². The molecule has 1 saturated heterocycles. The summed E-state index contributed by atoms with van der Waals surface area (Å²) in [6.07, 6.45) is 1.59. The SMILES string of the molecule is CN=C(NCC1CCN(S(C)(=O)=O)C1)NCC(C)(C)NC(=O)OC(C)(C)C.I. The summed E-state index contributed by atoms with van der Waals surface area (Å²) in [4.78, 5) is 16.1. The fraction of sp³-hybridized carbons (Fsp3) is 0.882. The van der Waals surface area contributed by atoms with Crippen molar-refractivity contribution in [3.8, 4) is 0 Å². The fourth-order valence-electron chi connectivity index (χ4n) is 2.66. The molecular weight excluding hydrogens is 497 g/mol. The van der Waals surface area contributed by atoms with Crippen LogP contribution in [0.3, 0.4) is 0 Å². The number of nitrogens with zero attached hydrogens (tertiary/aromatic N) is 2. The molecule has 0 aromatic heterocycles. The Bertz CT molecular complexity index is 646. The number of carbonyl (C=O) groups excluding carboxylic acids is 1. The molecule has 1 unspecified atom stereocenters. The third-order valence-electron chi connectivity index (χ3n) is 4.04. The summed E-state index contributed by atoms with van der Waals surface area (Å²) >= 11 is 0. The second kappa shape index (κ2) is 10.8. The van der Waals surface area contributed by atoms with Crippen LogP contribution in [0.5, 0.6) is 0 Å². The van der Waals surface area contributed by atoms with Gasteiger partial charge < -0.3 is 20.7 Å². The highest BCUT2D eigenvalue weighted by Gasteiger charge is 2.29. The van der Waals surface area contributed by atoms with Crippen molar-refractivity contribution in [1.29, 1.82) is 0 Å². The van der Waals surface area contributed by atoms with Gasteiger partial charge >= 0.3 is 6.09 Å². The highest BCUT2D eigenvalue weighted by molar-refractivity contribution is 14.0. The Morgan fingerprint density at radius 2 is 1.82 bits per heavy atom. The first-order chi connectivity index (χ1) is 12.2. The van der Waals surface area contributed by atoms with Crippen LogP contribution < -0.4 is 16.0 Å². The van der Waals surface area contributed by atoms with Gasteiger partial charge in [0, 0.05) is 33.2 Å². The number of guanidine groups is 1. The van der Waals surface area contributed by atoms with Gasteiger partial charge in [0.05, 0.1) is 11.8 Å². The largest absolute Gasteiger partial charge is 0.444 e. The zero-order chi connectivity index (χ0) is 20.9. The zero-order valence-corrected chi connectivity index (χ0v) is 21.1. The molecule has 0 aromatic rings. The Hall–Kier alpha value is -0.820. The normalized spacial score (nSPS) is 19.0. The van der Waals surface area contributed by atoms with E-state index in [4.69, 9.17) is 4.74 Å². The maximum absolute atomic E-state index is 11.9. The van der Waals surface area contributed by atoms with Gasteiger partial charge in [0.25, 0.3) is 0 Å². The number of hydrogen-bond acceptors (Lipinski definition) is 5. The Morgan fingerprint density at radius 3 is 2.29 bits per heavy atom. The van der Waals surface area contributed by atoms with E-state index in [1.165, 1.54) is 10.6 Å². The molecule has 1 heterocycles. The number of sulfonamides is 1. The molecule has 11 heteroatoms. The van der Waals surface area contributed by atoms with Gasteiger partial charge in [-0.3, -0.25) is 4.99 Å². The maximum Gasteiger partial charge on any atom is 0.408 e. The summed E-state index contributed by atoms with van der Waals surface area (Å²) in [6.45, 7) is 11.4. The van der Waals surface area contributed by atoms with Crippen LogP contribution in [0.2, 0.25) is 0 Å². The van der Waals surface area contributed by atoms with Gasteiger partial charge in [-0.25, -0.2) is 17.5 Å². The van der Waals surface area contributed by atoms with Crippen LogP contribution in [-0.4, -0.2) is 75.4 Å². The van der Waals surface area contributed by atoms with Gasteiger partial charge in [-0.2, -0.15) is 0 Å². The number of aliphatic imine (C=N–C) groups is 1. The molecule has 1 aliphatic heterocycles. The summed E-state index contributed by atoms with van der Waals surface area (Å²) < 4.78 is 30.0. The molecule has 3 N–H and O–H groups in total. The molecule has 28 heavy (non-hydrogen) atoms. The lowest BCUT2D eigenvalue weighted by Gasteiger charge is -2.29. The predicted molar refractivity (Wildman–Crippen MR) is 123 cm³/mol. The highest BCUT2D eigenvalue weighted by Crippen LogP contribution is 2.17. The Balaban J connectivity index is 0.00000729. The number of nitrogens with one attached hydrogen (secondary N) is 3. The summed E-state index contributed by atoms with van der Waals surface area (Å²) in [5.41, 5.74) is -1.09. The van der Waals surface area contributed by atoms with Crippen LogP contribution in [0.4, 0.5) is 4.79 Å². The number of hydrogen-bond donors (Lipinski definition) is 3. The number of alkyl carbamates (subject to hydrolysis) is 1. The van der Waals surface area contributed by atoms with E-state index in [1.54, 1.807) is 7.05 Å². The lowest BCUT2D eigenvalue weighted by molar-refractivity contribution is 0.0474. The monoisotopic (exact) mass is 533 g/mol. The first-order valence-corrected chi connectivity index (χ1v) is 11.0. The highest BCUT2D eigenvalue weighted by atomic mass is 127. The van der Waals surface area contributed by atoms with Crippen LogP contribution in [-0.2, 0) is 14.8 Å². The third-order valence-corrected chi connectivity index (χ3v) is 5.31. The Morgan fingerprint density at radius 1 is 1.21 bits per heavy atom. The summed E-state index contributed by atoms with van der Waals surface area (Å²) in [5, 5.41) is 9.23. The van der Waals surface area contributed by atoms with Crippen molar-refractivity contribution < 1.29 is 17.9 Å². The van der Waals surface area contributed by atoms with Crippen LogP contribution in [0.1, 0.15) is 41.0 Å². The summed E-state index contributed by atoms with van der Waals surface area (Å²) in [6, 6.07) is 0. The van der Waals surface area contributed by atoms with E-state index >= 15 is 0 Å². The topological polar surface area (TPSA) is 112 Å². The lowest BCUT2D eigenvalue weighted by atomic mass is 10.1. The van der Waals surface area contributed by atoms with Crippen molar-refractivity contribution in [2.24, 2.45) is 10.9 Å². The zero-order valence-electron chi connectivity index (χ0n) is 18.0. The first kappa shape index (κ1) is 27.2. The second-order valence-corrected chi connectivity index (χ2v) is 10.6. The number of carbonyl (C=O) groups is 1. The molecule has 9 nitrogen and oxygen atoms in total. The van der Waals surface area contributed by atoms with E-state index in [0.717, 1.165) is 6.42 Å². The molecule has 166 valence electrons. The molecule has 0 radical (unpaired) electrons. The van der Waals surface area contributed by atoms with Gasteiger partial charge in [0.15, 0.2) is 5.96 Å². The predicted octanol–water partition coefficient (Wildman–Crippen LogP) is 1.35. The Labute approximate surface area is 186 Å². The second-order valence-electron chi connectivity index (χ2n) is 8.59. The quantitative estimate of drug-likeness (QED) is 0.270. The average Bonchev–Trinajstić information content (AvgIpc) is 2.93. The molecule has 1 atom stereocenters. The minimum absolute atomic E-state index is 0. The number of rotatable bonds is 6. The molecular formula is C17H36IN5O4S. The summed E-state index contributed by atoms with van der Waals surface area (Å²) in [5.74, 6) is 0.845.